The van der Waals surface area contributed by atoms with Crippen molar-refractivity contribution in [1.29, 1.82) is 0 Å². The van der Waals surface area contributed by atoms with Crippen molar-refractivity contribution in [3.05, 3.63) is 51.9 Å². The van der Waals surface area contributed by atoms with Crippen molar-refractivity contribution in [2.24, 2.45) is 0 Å². The van der Waals surface area contributed by atoms with E-state index in [2.05, 4.69) is 4.98 Å². The van der Waals surface area contributed by atoms with Gasteiger partial charge in [-0.05, 0) is 39.7 Å². The molecule has 1 aliphatic heterocycles. The number of rotatable bonds is 6. The number of aryl methyl sites for hydroxylation is 1. The maximum absolute atomic E-state index is 15.5. The Bertz CT molecular complexity index is 1260. The zero-order valence-electron chi connectivity index (χ0n) is 20.6. The minimum atomic E-state index is -0.791. The van der Waals surface area contributed by atoms with E-state index >= 15 is 4.39 Å². The molecule has 8 nitrogen and oxygen atoms in total. The summed E-state index contributed by atoms with van der Waals surface area (Å²) >= 11 is 6.36. The molecule has 3 heterocycles. The summed E-state index contributed by atoms with van der Waals surface area (Å²) in [4.78, 5) is 24.1. The maximum atomic E-state index is 15.5. The van der Waals surface area contributed by atoms with E-state index < -0.39 is 17.6 Å². The predicted molar refractivity (Wildman–Crippen MR) is 133 cm³/mol. The van der Waals surface area contributed by atoms with Crippen molar-refractivity contribution in [2.45, 2.75) is 58.7 Å². The third-order valence-corrected chi connectivity index (χ3v) is 6.68. The van der Waals surface area contributed by atoms with Gasteiger partial charge in [0.05, 0.1) is 22.9 Å². The Morgan fingerprint density at radius 3 is 2.77 bits per heavy atom. The number of methoxy groups -OCH3 is 1. The first-order valence-electron chi connectivity index (χ1n) is 11.7. The number of nitrogen functional groups attached to an aromatic ring is 1. The molecule has 1 amide bonds. The van der Waals surface area contributed by atoms with Crippen molar-refractivity contribution in [2.75, 3.05) is 25.9 Å². The Labute approximate surface area is 209 Å². The summed E-state index contributed by atoms with van der Waals surface area (Å²) in [6.07, 6.45) is 4.59. The van der Waals surface area contributed by atoms with Crippen molar-refractivity contribution >= 4 is 28.8 Å². The van der Waals surface area contributed by atoms with Crippen molar-refractivity contribution < 1.29 is 18.7 Å². The number of halogens is 2. The van der Waals surface area contributed by atoms with E-state index in [1.165, 1.54) is 6.07 Å². The molecular weight excluding hydrogens is 473 g/mol. The Morgan fingerprint density at radius 2 is 2.09 bits per heavy atom. The highest BCUT2D eigenvalue weighted by atomic mass is 35.5. The van der Waals surface area contributed by atoms with Crippen LogP contribution in [0.4, 0.5) is 10.2 Å². The van der Waals surface area contributed by atoms with Crippen LogP contribution in [0.15, 0.2) is 18.5 Å². The molecule has 10 heteroatoms. The molecule has 1 aromatic carbocycles. The van der Waals surface area contributed by atoms with Crippen LogP contribution >= 0.6 is 11.6 Å². The van der Waals surface area contributed by atoms with Gasteiger partial charge in [-0.3, -0.25) is 9.20 Å². The van der Waals surface area contributed by atoms with Gasteiger partial charge < -0.3 is 20.1 Å². The number of imidazole rings is 1. The number of carbonyl (C=O) groups excluding carboxylic acids is 1. The Kier molecular flexibility index (Phi) is 7.19. The van der Waals surface area contributed by atoms with E-state index in [4.69, 9.17) is 31.8 Å². The lowest BCUT2D eigenvalue weighted by atomic mass is 9.95. The quantitative estimate of drug-likeness (QED) is 0.528. The van der Waals surface area contributed by atoms with Gasteiger partial charge in [0, 0.05) is 44.1 Å². The fraction of sp³-hybridized carbons (Fsp3) is 0.480. The molecule has 0 aliphatic carbocycles. The van der Waals surface area contributed by atoms with Crippen LogP contribution in [0, 0.1) is 12.7 Å². The minimum absolute atomic E-state index is 0.0962. The van der Waals surface area contributed by atoms with E-state index in [1.54, 1.807) is 24.4 Å². The number of fused-ring (bicyclic) bond motifs is 1. The second kappa shape index (κ2) is 9.99. The maximum Gasteiger partial charge on any atom is 0.260 e. The number of likely N-dealkylation sites (tertiary alicyclic amines) is 1. The molecule has 2 N–H and O–H groups in total. The van der Waals surface area contributed by atoms with Crippen molar-refractivity contribution in [1.82, 2.24) is 19.3 Å². The van der Waals surface area contributed by atoms with E-state index in [1.807, 2.05) is 32.1 Å². The summed E-state index contributed by atoms with van der Waals surface area (Å²) in [7, 11) is 1.62. The van der Waals surface area contributed by atoms with Crippen LogP contribution in [0.5, 0.6) is 5.75 Å². The van der Waals surface area contributed by atoms with Crippen LogP contribution in [0.2, 0.25) is 5.02 Å². The number of nitrogens with zero attached hydrogens (tertiary/aromatic N) is 4. The summed E-state index contributed by atoms with van der Waals surface area (Å²) in [5, 5.41) is -0.148. The second-order valence-corrected chi connectivity index (χ2v) is 9.60. The summed E-state index contributed by atoms with van der Waals surface area (Å²) in [5.41, 5.74) is 7.91. The van der Waals surface area contributed by atoms with Gasteiger partial charge in [0.1, 0.15) is 28.5 Å². The van der Waals surface area contributed by atoms with E-state index in [0.717, 1.165) is 12.8 Å². The molecule has 1 aliphatic rings. The number of benzene rings is 1. The van der Waals surface area contributed by atoms with Crippen LogP contribution < -0.4 is 10.5 Å². The minimum Gasteiger partial charge on any atom is -0.490 e. The number of hydrogen-bond acceptors (Lipinski definition) is 6. The van der Waals surface area contributed by atoms with Crippen LogP contribution in [0.1, 0.15) is 67.0 Å². The lowest BCUT2D eigenvalue weighted by Crippen LogP contribution is -2.43. The average Bonchev–Trinajstić information content (AvgIpc) is 3.18. The van der Waals surface area contributed by atoms with E-state index in [9.17, 15) is 4.79 Å². The molecule has 0 saturated carbocycles. The molecule has 1 saturated heterocycles. The van der Waals surface area contributed by atoms with Gasteiger partial charge in [0.2, 0.25) is 0 Å². The average molecular weight is 504 g/mol. The lowest BCUT2D eigenvalue weighted by Gasteiger charge is -2.33. The summed E-state index contributed by atoms with van der Waals surface area (Å²) < 4.78 is 28.9. The molecule has 2 unspecified atom stereocenters. The highest BCUT2D eigenvalue weighted by Gasteiger charge is 2.33. The summed E-state index contributed by atoms with van der Waals surface area (Å²) in [5.74, 6) is -0.465. The molecular formula is C25H31ClFN5O3. The van der Waals surface area contributed by atoms with E-state index in [0.29, 0.717) is 41.5 Å². The zero-order chi connectivity index (χ0) is 25.4. The number of aromatic nitrogens is 3. The second-order valence-electron chi connectivity index (χ2n) is 9.19. The van der Waals surface area contributed by atoms with Crippen LogP contribution in [0.3, 0.4) is 0 Å². The monoisotopic (exact) mass is 503 g/mol. The first-order valence-corrected chi connectivity index (χ1v) is 12.1. The fourth-order valence-electron chi connectivity index (χ4n) is 4.69. The molecule has 1 fully saturated rings. The van der Waals surface area contributed by atoms with Gasteiger partial charge in [-0.2, -0.15) is 0 Å². The Balaban J connectivity index is 1.88. The number of piperidine rings is 1. The standard InChI is InChI=1S/C25H31ClFN5O3/c1-13(2)35-22-17(14(3)24-30-15(4)21-23(28)29-8-10-32(21)24)11-18(26)20(27)19(22)25(33)31-9-6-7-16(12-31)34-5/h8,10-11,13-14,16H,6-7,9,12H2,1-5H3,(H2,28,29). The summed E-state index contributed by atoms with van der Waals surface area (Å²) in [6.45, 7) is 8.32. The van der Waals surface area contributed by atoms with Gasteiger partial charge >= 0.3 is 0 Å². The molecule has 0 spiro atoms. The Hall–Kier alpha value is -2.91. The third kappa shape index (κ3) is 4.67. The Morgan fingerprint density at radius 1 is 1.34 bits per heavy atom. The first kappa shape index (κ1) is 25.2. The molecule has 188 valence electrons. The fourth-order valence-corrected chi connectivity index (χ4v) is 4.90. The zero-order valence-corrected chi connectivity index (χ0v) is 21.4. The van der Waals surface area contributed by atoms with Gasteiger partial charge in [-0.25, -0.2) is 14.4 Å². The van der Waals surface area contributed by atoms with Gasteiger partial charge in [0.15, 0.2) is 5.82 Å². The number of hydrogen-bond donors (Lipinski definition) is 1. The number of anilines is 1. The number of amides is 1. The van der Waals surface area contributed by atoms with Crippen molar-refractivity contribution in [3.8, 4) is 5.75 Å². The number of nitrogens with two attached hydrogens (primary N) is 1. The predicted octanol–water partition coefficient (Wildman–Crippen LogP) is 4.60. The van der Waals surface area contributed by atoms with Crippen LogP contribution in [-0.2, 0) is 4.74 Å². The highest BCUT2D eigenvalue weighted by molar-refractivity contribution is 6.31. The smallest absolute Gasteiger partial charge is 0.260 e. The highest BCUT2D eigenvalue weighted by Crippen LogP contribution is 2.40. The molecule has 35 heavy (non-hydrogen) atoms. The first-order chi connectivity index (χ1) is 16.6. The largest absolute Gasteiger partial charge is 0.490 e. The lowest BCUT2D eigenvalue weighted by molar-refractivity contribution is 0.0263. The molecule has 0 radical (unpaired) electrons. The van der Waals surface area contributed by atoms with Crippen LogP contribution in [-0.4, -0.2) is 57.6 Å². The molecule has 3 aromatic rings. The van der Waals surface area contributed by atoms with Crippen molar-refractivity contribution in [3.63, 3.8) is 0 Å². The number of ether oxygens (including phenoxy) is 2. The van der Waals surface area contributed by atoms with Gasteiger partial charge in [-0.1, -0.05) is 18.5 Å². The van der Waals surface area contributed by atoms with E-state index in [-0.39, 0.29) is 28.5 Å². The SMILES string of the molecule is COC1CCCN(C(=O)c2c(F)c(Cl)cc(C(C)c3nc(C)c4c(N)nccn34)c2OC(C)C)C1. The molecule has 2 aromatic heterocycles. The van der Waals surface area contributed by atoms with Crippen LogP contribution in [0.25, 0.3) is 5.52 Å². The molecule has 4 rings (SSSR count). The topological polar surface area (TPSA) is 95.0 Å². The molecule has 2 atom stereocenters. The van der Waals surface area contributed by atoms with Gasteiger partial charge in [0.25, 0.3) is 5.91 Å². The van der Waals surface area contributed by atoms with Gasteiger partial charge in [-0.15, -0.1) is 0 Å². The number of carbonyl (C=O) groups is 1. The summed E-state index contributed by atoms with van der Waals surface area (Å²) in [6, 6.07) is 1.52. The molecule has 0 bridgehead atoms. The normalized spacial score (nSPS) is 17.3. The third-order valence-electron chi connectivity index (χ3n) is 6.41.